The van der Waals surface area contributed by atoms with Gasteiger partial charge >= 0.3 is 0 Å². The number of alkyl halides is 1. The number of halogens is 1. The molecule has 0 saturated heterocycles. The van der Waals surface area contributed by atoms with Gasteiger partial charge in [0.1, 0.15) is 5.69 Å². The van der Waals surface area contributed by atoms with Crippen LogP contribution in [0.15, 0.2) is 12.3 Å². The Morgan fingerprint density at radius 3 is 2.75 bits per heavy atom. The molecule has 0 aliphatic heterocycles. The highest BCUT2D eigenvalue weighted by atomic mass is 19.1. The summed E-state index contributed by atoms with van der Waals surface area (Å²) in [5.74, 6) is -0.250. The van der Waals surface area contributed by atoms with E-state index in [1.165, 1.54) is 6.92 Å². The highest BCUT2D eigenvalue weighted by molar-refractivity contribution is 5.92. The number of aromatic nitrogens is 2. The van der Waals surface area contributed by atoms with E-state index in [4.69, 9.17) is 0 Å². The van der Waals surface area contributed by atoms with Gasteiger partial charge in [-0.25, -0.2) is 4.39 Å². The third-order valence-corrected chi connectivity index (χ3v) is 2.20. The maximum absolute atomic E-state index is 12.5. The van der Waals surface area contributed by atoms with Crippen molar-refractivity contribution in [3.63, 3.8) is 0 Å². The predicted octanol–water partition coefficient (Wildman–Crippen LogP) is 1.94. The largest absolute Gasteiger partial charge is 0.351 e. The Morgan fingerprint density at radius 2 is 2.25 bits per heavy atom. The summed E-state index contributed by atoms with van der Waals surface area (Å²) in [6, 6.07) is 1.89. The molecule has 1 rings (SSSR count). The normalized spacial score (nSPS) is 12.8. The van der Waals surface area contributed by atoms with Crippen molar-refractivity contribution < 1.29 is 9.18 Å². The van der Waals surface area contributed by atoms with E-state index in [9.17, 15) is 9.18 Å². The Balaban J connectivity index is 2.46. The fraction of sp³-hybridized carbons (Fsp3) is 0.636. The number of nitrogens with one attached hydrogen (secondary N) is 1. The van der Waals surface area contributed by atoms with Crippen molar-refractivity contribution in [1.29, 1.82) is 0 Å². The minimum absolute atomic E-state index is 0.229. The molecule has 1 amide bonds. The molecule has 0 saturated carbocycles. The minimum atomic E-state index is -0.895. The lowest BCUT2D eigenvalue weighted by atomic mass is 10.3. The molecule has 1 aromatic rings. The van der Waals surface area contributed by atoms with E-state index in [1.807, 2.05) is 13.8 Å². The van der Waals surface area contributed by atoms with Crippen LogP contribution in [0.3, 0.4) is 0 Å². The van der Waals surface area contributed by atoms with Gasteiger partial charge in [0.25, 0.3) is 5.91 Å². The molecule has 1 aromatic heterocycles. The van der Waals surface area contributed by atoms with Gasteiger partial charge in [0.15, 0.2) is 0 Å². The molecule has 1 atom stereocenters. The molecule has 0 aliphatic rings. The van der Waals surface area contributed by atoms with Crippen LogP contribution in [0.5, 0.6) is 0 Å². The Morgan fingerprint density at radius 1 is 1.56 bits per heavy atom. The van der Waals surface area contributed by atoms with Crippen molar-refractivity contribution in [3.8, 4) is 0 Å². The zero-order chi connectivity index (χ0) is 12.1. The number of rotatable bonds is 5. The van der Waals surface area contributed by atoms with Crippen LogP contribution in [0.2, 0.25) is 0 Å². The minimum Gasteiger partial charge on any atom is -0.351 e. The van der Waals surface area contributed by atoms with E-state index in [2.05, 4.69) is 10.4 Å². The van der Waals surface area contributed by atoms with Gasteiger partial charge < -0.3 is 5.32 Å². The van der Waals surface area contributed by atoms with Crippen molar-refractivity contribution in [3.05, 3.63) is 18.0 Å². The number of amides is 1. The van der Waals surface area contributed by atoms with Gasteiger partial charge in [-0.2, -0.15) is 5.10 Å². The number of hydrogen-bond donors (Lipinski definition) is 1. The number of nitrogens with zero attached hydrogens (tertiary/aromatic N) is 2. The van der Waals surface area contributed by atoms with Gasteiger partial charge in [-0.3, -0.25) is 9.48 Å². The lowest BCUT2D eigenvalue weighted by Gasteiger charge is -2.05. The lowest BCUT2D eigenvalue weighted by molar-refractivity contribution is 0.0945. The molecule has 0 bridgehead atoms. The molecular formula is C11H18FN3O. The highest BCUT2D eigenvalue weighted by Gasteiger charge is 2.10. The fourth-order valence-corrected chi connectivity index (χ4v) is 1.22. The van der Waals surface area contributed by atoms with Crippen molar-refractivity contribution in [2.45, 2.75) is 39.4 Å². The number of hydrogen-bond acceptors (Lipinski definition) is 2. The number of carbonyl (C=O) groups is 1. The zero-order valence-corrected chi connectivity index (χ0v) is 9.90. The molecule has 0 spiro atoms. The van der Waals surface area contributed by atoms with Crippen LogP contribution in [0.4, 0.5) is 4.39 Å². The first-order valence-electron chi connectivity index (χ1n) is 5.48. The van der Waals surface area contributed by atoms with Gasteiger partial charge in [-0.15, -0.1) is 0 Å². The zero-order valence-electron chi connectivity index (χ0n) is 9.90. The van der Waals surface area contributed by atoms with E-state index >= 15 is 0 Å². The van der Waals surface area contributed by atoms with E-state index in [-0.39, 0.29) is 11.9 Å². The maximum Gasteiger partial charge on any atom is 0.271 e. The molecule has 5 heteroatoms. The summed E-state index contributed by atoms with van der Waals surface area (Å²) in [6.45, 7) is 5.78. The van der Waals surface area contributed by atoms with Gasteiger partial charge in [-0.1, -0.05) is 0 Å². The topological polar surface area (TPSA) is 46.9 Å². The second kappa shape index (κ2) is 5.63. The molecule has 4 nitrogen and oxygen atoms in total. The SMILES string of the molecule is CC(C)n1ccc(C(=O)NCC[C@@H](C)F)n1. The molecule has 0 aromatic carbocycles. The van der Waals surface area contributed by atoms with Crippen LogP contribution < -0.4 is 5.32 Å². The third kappa shape index (κ3) is 3.64. The summed E-state index contributed by atoms with van der Waals surface area (Å²) in [5.41, 5.74) is 0.375. The Labute approximate surface area is 94.8 Å². The summed E-state index contributed by atoms with van der Waals surface area (Å²) < 4.78 is 14.2. The van der Waals surface area contributed by atoms with Crippen LogP contribution in [0.1, 0.15) is 43.7 Å². The first-order chi connectivity index (χ1) is 7.50. The second-order valence-corrected chi connectivity index (χ2v) is 4.10. The molecule has 0 unspecified atom stereocenters. The quantitative estimate of drug-likeness (QED) is 0.835. The van der Waals surface area contributed by atoms with Crippen LogP contribution in [0, 0.1) is 0 Å². The third-order valence-electron chi connectivity index (χ3n) is 2.20. The van der Waals surface area contributed by atoms with Crippen molar-refractivity contribution >= 4 is 5.91 Å². The molecule has 16 heavy (non-hydrogen) atoms. The van der Waals surface area contributed by atoms with E-state index in [0.29, 0.717) is 18.7 Å². The van der Waals surface area contributed by atoms with Gasteiger partial charge in [0, 0.05) is 18.8 Å². The molecule has 0 aliphatic carbocycles. The van der Waals surface area contributed by atoms with E-state index in [0.717, 1.165) is 0 Å². The summed E-state index contributed by atoms with van der Waals surface area (Å²) in [6.07, 6.45) is 1.20. The molecular weight excluding hydrogens is 209 g/mol. The average molecular weight is 227 g/mol. The lowest BCUT2D eigenvalue weighted by Crippen LogP contribution is -2.26. The summed E-state index contributed by atoms with van der Waals surface area (Å²) in [4.78, 5) is 11.6. The standard InChI is InChI=1S/C11H18FN3O/c1-8(2)15-7-5-10(14-15)11(16)13-6-4-9(3)12/h5,7-9H,4,6H2,1-3H3,(H,13,16)/t9-/m1/s1. The van der Waals surface area contributed by atoms with Crippen molar-refractivity contribution in [2.24, 2.45) is 0 Å². The van der Waals surface area contributed by atoms with E-state index in [1.54, 1.807) is 16.9 Å². The summed E-state index contributed by atoms with van der Waals surface area (Å²) in [7, 11) is 0. The van der Waals surface area contributed by atoms with Crippen LogP contribution in [-0.2, 0) is 0 Å². The Kier molecular flexibility index (Phi) is 4.46. The fourth-order valence-electron chi connectivity index (χ4n) is 1.22. The second-order valence-electron chi connectivity index (χ2n) is 4.10. The first kappa shape index (κ1) is 12.7. The van der Waals surface area contributed by atoms with E-state index < -0.39 is 6.17 Å². The van der Waals surface area contributed by atoms with Gasteiger partial charge in [0.2, 0.25) is 0 Å². The number of carbonyl (C=O) groups excluding carboxylic acids is 1. The molecule has 1 N–H and O–H groups in total. The molecule has 0 fully saturated rings. The van der Waals surface area contributed by atoms with Crippen molar-refractivity contribution in [1.82, 2.24) is 15.1 Å². The Hall–Kier alpha value is -1.39. The highest BCUT2D eigenvalue weighted by Crippen LogP contribution is 2.04. The molecule has 1 heterocycles. The monoisotopic (exact) mass is 227 g/mol. The average Bonchev–Trinajstić information content (AvgIpc) is 2.65. The predicted molar refractivity (Wildman–Crippen MR) is 60.1 cm³/mol. The van der Waals surface area contributed by atoms with Gasteiger partial charge in [-0.05, 0) is 33.3 Å². The first-order valence-corrected chi connectivity index (χ1v) is 5.48. The smallest absolute Gasteiger partial charge is 0.271 e. The summed E-state index contributed by atoms with van der Waals surface area (Å²) in [5, 5.41) is 6.75. The van der Waals surface area contributed by atoms with Crippen LogP contribution in [-0.4, -0.2) is 28.4 Å². The van der Waals surface area contributed by atoms with Crippen molar-refractivity contribution in [2.75, 3.05) is 6.54 Å². The van der Waals surface area contributed by atoms with Crippen LogP contribution >= 0.6 is 0 Å². The van der Waals surface area contributed by atoms with Crippen LogP contribution in [0.25, 0.3) is 0 Å². The Bertz CT molecular complexity index is 347. The summed E-state index contributed by atoms with van der Waals surface area (Å²) >= 11 is 0. The maximum atomic E-state index is 12.5. The van der Waals surface area contributed by atoms with Gasteiger partial charge in [0.05, 0.1) is 6.17 Å². The molecule has 90 valence electrons. The molecule has 0 radical (unpaired) electrons.